The Labute approximate surface area is 104 Å². The molecule has 0 bridgehead atoms. The van der Waals surface area contributed by atoms with E-state index in [2.05, 4.69) is 5.32 Å². The normalized spacial score (nSPS) is 10.6. The van der Waals surface area contributed by atoms with Gasteiger partial charge >= 0.3 is 0 Å². The predicted octanol–water partition coefficient (Wildman–Crippen LogP) is 1.55. The van der Waals surface area contributed by atoms with Crippen molar-refractivity contribution in [2.45, 2.75) is 6.42 Å². The van der Waals surface area contributed by atoms with E-state index in [-0.39, 0.29) is 18.3 Å². The summed E-state index contributed by atoms with van der Waals surface area (Å²) in [5.41, 5.74) is 0.562. The van der Waals surface area contributed by atoms with Gasteiger partial charge in [0.05, 0.1) is 7.11 Å². The third-order valence-corrected chi connectivity index (χ3v) is 2.57. The van der Waals surface area contributed by atoms with Crippen LogP contribution in [0.15, 0.2) is 28.7 Å². The molecule has 1 aromatic carbocycles. The first-order valence-corrected chi connectivity index (χ1v) is 5.72. The maximum Gasteiger partial charge on any atom is 0.287 e. The molecule has 18 heavy (non-hydrogen) atoms. The Morgan fingerprint density at radius 3 is 3.06 bits per heavy atom. The molecule has 0 spiro atoms. The molecule has 2 rings (SSSR count). The minimum atomic E-state index is -0.290. The average Bonchev–Trinajstić information content (AvgIpc) is 2.82. The smallest absolute Gasteiger partial charge is 0.287 e. The summed E-state index contributed by atoms with van der Waals surface area (Å²) in [4.78, 5) is 11.8. The van der Waals surface area contributed by atoms with E-state index < -0.39 is 0 Å². The van der Waals surface area contributed by atoms with E-state index in [4.69, 9.17) is 14.3 Å². The lowest BCUT2D eigenvalue weighted by Crippen LogP contribution is -2.24. The summed E-state index contributed by atoms with van der Waals surface area (Å²) in [5.74, 6) is 0.552. The number of fused-ring (bicyclic) bond motifs is 1. The van der Waals surface area contributed by atoms with Crippen LogP contribution < -0.4 is 10.1 Å². The van der Waals surface area contributed by atoms with Gasteiger partial charge in [-0.2, -0.15) is 0 Å². The summed E-state index contributed by atoms with van der Waals surface area (Å²) in [6.45, 7) is 0.470. The van der Waals surface area contributed by atoms with Crippen molar-refractivity contribution in [3.63, 3.8) is 0 Å². The van der Waals surface area contributed by atoms with Crippen molar-refractivity contribution in [2.24, 2.45) is 0 Å². The predicted molar refractivity (Wildman–Crippen MR) is 66.8 cm³/mol. The first-order chi connectivity index (χ1) is 8.76. The molecule has 2 N–H and O–H groups in total. The number of furan rings is 1. The second-order valence-electron chi connectivity index (χ2n) is 3.82. The quantitative estimate of drug-likeness (QED) is 0.789. The highest BCUT2D eigenvalue weighted by molar-refractivity contribution is 5.97. The molecule has 5 nitrogen and oxygen atoms in total. The molecule has 5 heteroatoms. The van der Waals surface area contributed by atoms with Crippen molar-refractivity contribution in [3.05, 3.63) is 30.0 Å². The number of hydrogen-bond donors (Lipinski definition) is 2. The van der Waals surface area contributed by atoms with Crippen molar-refractivity contribution in [3.8, 4) is 5.75 Å². The number of hydrogen-bond acceptors (Lipinski definition) is 4. The lowest BCUT2D eigenvalue weighted by Gasteiger charge is -2.00. The number of para-hydroxylation sites is 1. The number of ether oxygens (including phenoxy) is 1. The van der Waals surface area contributed by atoms with Crippen molar-refractivity contribution in [1.29, 1.82) is 0 Å². The standard InChI is InChI=1S/C13H15NO4/c1-17-10-5-2-4-9-8-11(18-12(9)10)13(16)14-6-3-7-15/h2,4-5,8,15H,3,6-7H2,1H3,(H,14,16). The zero-order valence-corrected chi connectivity index (χ0v) is 10.1. The molecule has 96 valence electrons. The van der Waals surface area contributed by atoms with Crippen LogP contribution in [0.2, 0.25) is 0 Å². The van der Waals surface area contributed by atoms with E-state index in [0.717, 1.165) is 5.39 Å². The lowest BCUT2D eigenvalue weighted by atomic mass is 10.2. The number of rotatable bonds is 5. The molecule has 2 aromatic rings. The van der Waals surface area contributed by atoms with Crippen molar-refractivity contribution in [1.82, 2.24) is 5.32 Å². The molecular weight excluding hydrogens is 234 g/mol. The molecule has 0 aliphatic carbocycles. The average molecular weight is 249 g/mol. The van der Waals surface area contributed by atoms with Crippen LogP contribution >= 0.6 is 0 Å². The van der Waals surface area contributed by atoms with Crippen LogP contribution in [-0.2, 0) is 0 Å². The molecule has 0 atom stereocenters. The Morgan fingerprint density at radius 2 is 2.33 bits per heavy atom. The minimum Gasteiger partial charge on any atom is -0.493 e. The number of amides is 1. The number of methoxy groups -OCH3 is 1. The number of nitrogens with one attached hydrogen (secondary N) is 1. The van der Waals surface area contributed by atoms with E-state index in [1.54, 1.807) is 19.2 Å². The van der Waals surface area contributed by atoms with Crippen LogP contribution in [0.25, 0.3) is 11.0 Å². The van der Waals surface area contributed by atoms with Crippen LogP contribution in [0.4, 0.5) is 0 Å². The van der Waals surface area contributed by atoms with Gasteiger partial charge in [-0.25, -0.2) is 0 Å². The highest BCUT2D eigenvalue weighted by Crippen LogP contribution is 2.28. The summed E-state index contributed by atoms with van der Waals surface area (Å²) in [5, 5.41) is 12.1. The molecule has 0 aliphatic heterocycles. The van der Waals surface area contributed by atoms with E-state index in [1.807, 2.05) is 12.1 Å². The van der Waals surface area contributed by atoms with Crippen molar-refractivity contribution >= 4 is 16.9 Å². The molecule has 1 aromatic heterocycles. The molecule has 0 saturated carbocycles. The Morgan fingerprint density at radius 1 is 1.50 bits per heavy atom. The van der Waals surface area contributed by atoms with Gasteiger partial charge in [0.25, 0.3) is 5.91 Å². The second-order valence-corrected chi connectivity index (χ2v) is 3.82. The van der Waals surface area contributed by atoms with Gasteiger partial charge in [0, 0.05) is 18.5 Å². The maximum absolute atomic E-state index is 11.8. The van der Waals surface area contributed by atoms with E-state index in [0.29, 0.717) is 24.3 Å². The first-order valence-electron chi connectivity index (χ1n) is 5.72. The summed E-state index contributed by atoms with van der Waals surface area (Å²) in [7, 11) is 1.55. The molecule has 0 radical (unpaired) electrons. The Hall–Kier alpha value is -2.01. The van der Waals surface area contributed by atoms with Crippen molar-refractivity contribution < 1.29 is 19.1 Å². The minimum absolute atomic E-state index is 0.0498. The fourth-order valence-corrected chi connectivity index (χ4v) is 1.68. The van der Waals surface area contributed by atoms with Crippen LogP contribution in [0.5, 0.6) is 5.75 Å². The number of aliphatic hydroxyl groups excluding tert-OH is 1. The van der Waals surface area contributed by atoms with Gasteiger partial charge in [0.2, 0.25) is 0 Å². The van der Waals surface area contributed by atoms with E-state index >= 15 is 0 Å². The summed E-state index contributed by atoms with van der Waals surface area (Å²) in [6, 6.07) is 7.14. The van der Waals surface area contributed by atoms with Gasteiger partial charge in [-0.05, 0) is 18.6 Å². The monoisotopic (exact) mass is 249 g/mol. The van der Waals surface area contributed by atoms with Gasteiger partial charge in [-0.3, -0.25) is 4.79 Å². The Balaban J connectivity index is 2.21. The molecule has 1 heterocycles. The fourth-order valence-electron chi connectivity index (χ4n) is 1.68. The van der Waals surface area contributed by atoms with Crippen LogP contribution in [0, 0.1) is 0 Å². The van der Waals surface area contributed by atoms with Gasteiger partial charge in [0.1, 0.15) is 0 Å². The fraction of sp³-hybridized carbons (Fsp3) is 0.308. The second kappa shape index (κ2) is 5.55. The third kappa shape index (κ3) is 2.46. The molecular formula is C13H15NO4. The zero-order valence-electron chi connectivity index (χ0n) is 10.1. The molecule has 0 fully saturated rings. The summed E-state index contributed by atoms with van der Waals surface area (Å²) in [6.07, 6.45) is 0.523. The number of benzene rings is 1. The number of carbonyl (C=O) groups is 1. The van der Waals surface area contributed by atoms with Crippen LogP contribution in [0.3, 0.4) is 0 Å². The van der Waals surface area contributed by atoms with Gasteiger partial charge in [0.15, 0.2) is 17.1 Å². The summed E-state index contributed by atoms with van der Waals surface area (Å²) >= 11 is 0. The maximum atomic E-state index is 11.8. The Bertz CT molecular complexity index is 547. The van der Waals surface area contributed by atoms with Crippen molar-refractivity contribution in [2.75, 3.05) is 20.3 Å². The lowest BCUT2D eigenvalue weighted by molar-refractivity contribution is 0.0925. The number of carbonyl (C=O) groups excluding carboxylic acids is 1. The third-order valence-electron chi connectivity index (χ3n) is 2.57. The number of aliphatic hydroxyl groups is 1. The molecule has 1 amide bonds. The highest BCUT2D eigenvalue weighted by atomic mass is 16.5. The topological polar surface area (TPSA) is 71.7 Å². The summed E-state index contributed by atoms with van der Waals surface area (Å²) < 4.78 is 10.6. The molecule has 0 aliphatic rings. The van der Waals surface area contributed by atoms with E-state index in [1.165, 1.54) is 0 Å². The zero-order chi connectivity index (χ0) is 13.0. The molecule has 0 unspecified atom stereocenters. The molecule has 0 saturated heterocycles. The highest BCUT2D eigenvalue weighted by Gasteiger charge is 2.13. The SMILES string of the molecule is COc1cccc2cc(C(=O)NCCCO)oc12. The van der Waals surface area contributed by atoms with Gasteiger partial charge in [-0.15, -0.1) is 0 Å². The first kappa shape index (κ1) is 12.4. The van der Waals surface area contributed by atoms with Gasteiger partial charge in [-0.1, -0.05) is 12.1 Å². The van der Waals surface area contributed by atoms with Crippen LogP contribution in [0.1, 0.15) is 17.0 Å². The van der Waals surface area contributed by atoms with Crippen LogP contribution in [-0.4, -0.2) is 31.3 Å². The Kier molecular flexibility index (Phi) is 3.84. The van der Waals surface area contributed by atoms with Gasteiger partial charge < -0.3 is 19.6 Å². The van der Waals surface area contributed by atoms with E-state index in [9.17, 15) is 4.79 Å². The largest absolute Gasteiger partial charge is 0.493 e.